The molecule has 1 fully saturated rings. The molecule has 0 spiro atoms. The Hall–Kier alpha value is -2.90. The lowest BCUT2D eigenvalue weighted by atomic mass is 9.96. The Morgan fingerprint density at radius 2 is 1.56 bits per heavy atom. The van der Waals surface area contributed by atoms with Crippen LogP contribution in [-0.2, 0) is 27.3 Å². The minimum absolute atomic E-state index is 0.00253. The van der Waals surface area contributed by atoms with Gasteiger partial charge < -0.3 is 19.7 Å². The number of carbonyl (C=O) groups excluding carboxylic acids is 2. The first-order chi connectivity index (χ1) is 15.0. The largest absolute Gasteiger partial charge is 0.444 e. The molecular weight excluding hydrogens is 410 g/mol. The Morgan fingerprint density at radius 3 is 2.03 bits per heavy atom. The van der Waals surface area contributed by atoms with Gasteiger partial charge in [0.2, 0.25) is 0 Å². The van der Waals surface area contributed by atoms with E-state index in [0.29, 0.717) is 0 Å². The highest BCUT2D eigenvalue weighted by Crippen LogP contribution is 2.36. The molecular formula is C25H31NO6. The van der Waals surface area contributed by atoms with Gasteiger partial charge in [-0.2, -0.15) is 0 Å². The van der Waals surface area contributed by atoms with Gasteiger partial charge >= 0.3 is 12.1 Å². The lowest BCUT2D eigenvalue weighted by molar-refractivity contribution is -0.173. The normalized spacial score (nSPS) is 20.8. The van der Waals surface area contributed by atoms with Gasteiger partial charge in [0.15, 0.2) is 5.72 Å². The molecule has 1 heterocycles. The number of nitrogens with zero attached hydrogens (tertiary/aromatic N) is 1. The molecule has 0 aliphatic carbocycles. The zero-order chi connectivity index (χ0) is 23.5. The molecule has 2 aromatic rings. The van der Waals surface area contributed by atoms with Crippen LogP contribution in [0.3, 0.4) is 0 Å². The molecule has 3 rings (SSSR count). The van der Waals surface area contributed by atoms with E-state index in [-0.39, 0.29) is 26.0 Å². The molecule has 172 valence electrons. The Labute approximate surface area is 188 Å². The molecule has 1 aliphatic rings. The smallest absolute Gasteiger partial charge is 0.413 e. The van der Waals surface area contributed by atoms with Crippen molar-refractivity contribution < 1.29 is 29.3 Å². The van der Waals surface area contributed by atoms with Crippen molar-refractivity contribution in [2.45, 2.75) is 64.6 Å². The minimum atomic E-state index is -1.32. The first-order valence-electron chi connectivity index (χ1n) is 10.7. The van der Waals surface area contributed by atoms with Gasteiger partial charge in [-0.15, -0.1) is 0 Å². The van der Waals surface area contributed by atoms with Crippen LogP contribution in [0, 0.1) is 0 Å². The molecule has 2 atom stereocenters. The highest BCUT2D eigenvalue weighted by molar-refractivity contribution is 5.72. The number of hydrogen-bond acceptors (Lipinski definition) is 6. The number of aliphatic hydroxyl groups excluding tert-OH is 2. The van der Waals surface area contributed by atoms with Crippen molar-refractivity contribution in [1.82, 2.24) is 4.90 Å². The van der Waals surface area contributed by atoms with Crippen LogP contribution in [0.2, 0.25) is 0 Å². The summed E-state index contributed by atoms with van der Waals surface area (Å²) in [5.74, 6) is -0.534. The van der Waals surface area contributed by atoms with Crippen molar-refractivity contribution in [3.63, 3.8) is 0 Å². The maximum atomic E-state index is 12.9. The molecule has 1 amide bonds. The maximum absolute atomic E-state index is 12.9. The van der Waals surface area contributed by atoms with Gasteiger partial charge in [-0.25, -0.2) is 4.79 Å². The summed E-state index contributed by atoms with van der Waals surface area (Å²) in [6, 6.07) is 15.4. The molecule has 32 heavy (non-hydrogen) atoms. The lowest BCUT2D eigenvalue weighted by Crippen LogP contribution is -2.53. The molecule has 0 saturated carbocycles. The highest BCUT2D eigenvalue weighted by atomic mass is 16.6. The van der Waals surface area contributed by atoms with Crippen molar-refractivity contribution in [2.24, 2.45) is 0 Å². The third kappa shape index (κ3) is 5.66. The van der Waals surface area contributed by atoms with Crippen LogP contribution in [0.5, 0.6) is 0 Å². The number of esters is 1. The van der Waals surface area contributed by atoms with E-state index in [9.17, 15) is 19.8 Å². The summed E-state index contributed by atoms with van der Waals surface area (Å²) in [6.07, 6.45) is -1.12. The topological polar surface area (TPSA) is 96.3 Å². The van der Waals surface area contributed by atoms with Crippen molar-refractivity contribution in [3.05, 3.63) is 59.7 Å². The number of ether oxygens (including phenoxy) is 2. The van der Waals surface area contributed by atoms with E-state index in [4.69, 9.17) is 9.47 Å². The van der Waals surface area contributed by atoms with Gasteiger partial charge in [-0.3, -0.25) is 9.69 Å². The monoisotopic (exact) mass is 441 g/mol. The van der Waals surface area contributed by atoms with Crippen molar-refractivity contribution in [2.75, 3.05) is 6.54 Å². The molecule has 0 radical (unpaired) electrons. The van der Waals surface area contributed by atoms with Gasteiger partial charge in [-0.05, 0) is 43.0 Å². The zero-order valence-corrected chi connectivity index (χ0v) is 19.0. The minimum Gasteiger partial charge on any atom is -0.444 e. The Morgan fingerprint density at radius 1 is 1.03 bits per heavy atom. The summed E-state index contributed by atoms with van der Waals surface area (Å²) in [6.45, 7) is 6.60. The number of amides is 1. The number of rotatable bonds is 5. The van der Waals surface area contributed by atoms with E-state index in [1.807, 2.05) is 48.5 Å². The fraction of sp³-hybridized carbons (Fsp3) is 0.440. The van der Waals surface area contributed by atoms with E-state index in [0.717, 1.165) is 22.3 Å². The molecule has 0 aromatic heterocycles. The Bertz CT molecular complexity index is 948. The second-order valence-corrected chi connectivity index (χ2v) is 9.22. The fourth-order valence-electron chi connectivity index (χ4n) is 3.98. The number of carbonyl (C=O) groups is 2. The van der Waals surface area contributed by atoms with Crippen LogP contribution in [0.1, 0.15) is 45.2 Å². The summed E-state index contributed by atoms with van der Waals surface area (Å²) in [7, 11) is 0. The predicted molar refractivity (Wildman–Crippen MR) is 120 cm³/mol. The second kappa shape index (κ2) is 9.30. The number of benzene rings is 2. The first kappa shape index (κ1) is 23.8. The second-order valence-electron chi connectivity index (χ2n) is 9.22. The van der Waals surface area contributed by atoms with Crippen LogP contribution in [0.15, 0.2) is 48.5 Å². The molecule has 1 aliphatic heterocycles. The third-order valence-electron chi connectivity index (χ3n) is 5.29. The summed E-state index contributed by atoms with van der Waals surface area (Å²) in [4.78, 5) is 26.1. The van der Waals surface area contributed by atoms with Crippen molar-refractivity contribution in [1.29, 1.82) is 0 Å². The average Bonchev–Trinajstić information content (AvgIpc) is 3.02. The van der Waals surface area contributed by atoms with Crippen LogP contribution in [0.4, 0.5) is 4.79 Å². The number of hydrogen-bond donors (Lipinski definition) is 2. The average molecular weight is 442 g/mol. The van der Waals surface area contributed by atoms with Gasteiger partial charge in [0.25, 0.3) is 0 Å². The SMILES string of the molecule is CC(=O)O[C@@]1(Cc2ccc(-c3ccc(CO)cc3)cc2)C[C@@H](O)CN1C(=O)OC(C)(C)C. The molecule has 0 bridgehead atoms. The van der Waals surface area contributed by atoms with Crippen LogP contribution >= 0.6 is 0 Å². The van der Waals surface area contributed by atoms with E-state index in [1.54, 1.807) is 20.8 Å². The molecule has 7 heteroatoms. The van der Waals surface area contributed by atoms with Gasteiger partial charge in [0.1, 0.15) is 5.60 Å². The Balaban J connectivity index is 1.87. The standard InChI is InChI=1S/C25H31NO6/c1-17(28)31-25(14-22(29)15-26(25)23(30)32-24(2,3)4)13-18-5-9-20(10-6-18)21-11-7-19(16-27)8-12-21/h5-12,22,27,29H,13-16H2,1-4H3/t22-,25+/m1/s1. The maximum Gasteiger partial charge on any atom is 0.413 e. The van der Waals surface area contributed by atoms with E-state index < -0.39 is 29.5 Å². The summed E-state index contributed by atoms with van der Waals surface area (Å²) in [5.41, 5.74) is 1.66. The van der Waals surface area contributed by atoms with Gasteiger partial charge in [0.05, 0.1) is 19.3 Å². The van der Waals surface area contributed by atoms with E-state index in [1.165, 1.54) is 11.8 Å². The Kier molecular flexibility index (Phi) is 6.91. The van der Waals surface area contributed by atoms with Crippen LogP contribution in [-0.4, -0.2) is 51.2 Å². The summed E-state index contributed by atoms with van der Waals surface area (Å²) >= 11 is 0. The molecule has 7 nitrogen and oxygen atoms in total. The number of β-amino-alcohol motifs (C(OH)–C–C–N with tert-alkyl or cyclic N) is 1. The predicted octanol–water partition coefficient (Wildman–Crippen LogP) is 3.65. The summed E-state index contributed by atoms with van der Waals surface area (Å²) < 4.78 is 11.2. The van der Waals surface area contributed by atoms with Crippen molar-refractivity contribution >= 4 is 12.1 Å². The highest BCUT2D eigenvalue weighted by Gasteiger charge is 2.51. The molecule has 0 unspecified atom stereocenters. The van der Waals surface area contributed by atoms with Crippen LogP contribution < -0.4 is 0 Å². The first-order valence-corrected chi connectivity index (χ1v) is 10.7. The van der Waals surface area contributed by atoms with Gasteiger partial charge in [-0.1, -0.05) is 48.5 Å². The third-order valence-corrected chi connectivity index (χ3v) is 5.29. The lowest BCUT2D eigenvalue weighted by Gasteiger charge is -2.38. The summed E-state index contributed by atoms with van der Waals surface area (Å²) in [5, 5.41) is 19.6. The van der Waals surface area contributed by atoms with Gasteiger partial charge in [0, 0.05) is 19.8 Å². The fourth-order valence-corrected chi connectivity index (χ4v) is 3.98. The molecule has 2 N–H and O–H groups in total. The van der Waals surface area contributed by atoms with Crippen LogP contribution in [0.25, 0.3) is 11.1 Å². The number of aliphatic hydroxyl groups is 2. The van der Waals surface area contributed by atoms with Crippen molar-refractivity contribution in [3.8, 4) is 11.1 Å². The molecule has 2 aromatic carbocycles. The quantitative estimate of drug-likeness (QED) is 0.688. The molecule has 1 saturated heterocycles. The van der Waals surface area contributed by atoms with E-state index >= 15 is 0 Å². The van der Waals surface area contributed by atoms with E-state index in [2.05, 4.69) is 0 Å². The zero-order valence-electron chi connectivity index (χ0n) is 19.0. The number of likely N-dealkylation sites (tertiary alicyclic amines) is 1.